The van der Waals surface area contributed by atoms with Crippen molar-refractivity contribution in [1.82, 2.24) is 0 Å². The monoisotopic (exact) mass is 377 g/mol. The molecular weight excluding hydrogens is 367 g/mol. The average Bonchev–Trinajstić information content (AvgIpc) is 3.04. The minimum atomic E-state index is -1.77. The van der Waals surface area contributed by atoms with Crippen LogP contribution in [0.4, 0.5) is 18.2 Å². The summed E-state index contributed by atoms with van der Waals surface area (Å²) in [7, 11) is 0. The van der Waals surface area contributed by atoms with Crippen LogP contribution in [0.25, 0.3) is 10.4 Å². The van der Waals surface area contributed by atoms with E-state index < -0.39 is 34.9 Å². The first kappa shape index (κ1) is 17.7. The lowest BCUT2D eigenvalue weighted by molar-refractivity contribution is 0.0698. The van der Waals surface area contributed by atoms with Gasteiger partial charge in [0, 0.05) is 4.88 Å². The molecule has 26 heavy (non-hydrogen) atoms. The molecular formula is C18H10F3NO3S. The Labute approximate surface area is 149 Å². The Morgan fingerprint density at radius 3 is 2.27 bits per heavy atom. The zero-order valence-electron chi connectivity index (χ0n) is 12.9. The van der Waals surface area contributed by atoms with Gasteiger partial charge in [-0.25, -0.2) is 18.0 Å². The molecule has 3 rings (SSSR count). The molecule has 1 aromatic heterocycles. The summed E-state index contributed by atoms with van der Waals surface area (Å²) in [4.78, 5) is 24.2. The molecule has 0 aliphatic carbocycles. The van der Waals surface area contributed by atoms with Crippen LogP contribution < -0.4 is 5.32 Å². The maximum absolute atomic E-state index is 13.8. The van der Waals surface area contributed by atoms with Crippen LogP contribution in [0.5, 0.6) is 0 Å². The fourth-order valence-corrected chi connectivity index (χ4v) is 3.31. The van der Waals surface area contributed by atoms with Crippen molar-refractivity contribution in [2.45, 2.75) is 0 Å². The van der Waals surface area contributed by atoms with Gasteiger partial charge in [0.2, 0.25) is 0 Å². The van der Waals surface area contributed by atoms with Gasteiger partial charge in [-0.2, -0.15) is 0 Å². The zero-order valence-corrected chi connectivity index (χ0v) is 13.7. The molecule has 0 saturated heterocycles. The Morgan fingerprint density at radius 1 is 0.923 bits per heavy atom. The molecule has 0 spiro atoms. The Hall–Kier alpha value is -3.13. The standard InChI is InChI=1S/C18H10F3NO3S/c19-12-7-6-10(14(20)15(12)21)16(23)22-17-11(18(24)25)8-13(26-17)9-4-2-1-3-5-9/h1-8H,(H,22,23)(H,24,25). The van der Waals surface area contributed by atoms with Gasteiger partial charge in [0.05, 0.1) is 11.1 Å². The molecule has 1 heterocycles. The van der Waals surface area contributed by atoms with Crippen molar-refractivity contribution >= 4 is 28.2 Å². The highest BCUT2D eigenvalue weighted by Gasteiger charge is 2.22. The number of rotatable bonds is 4. The van der Waals surface area contributed by atoms with E-state index in [9.17, 15) is 27.9 Å². The van der Waals surface area contributed by atoms with Gasteiger partial charge in [0.25, 0.3) is 5.91 Å². The largest absolute Gasteiger partial charge is 0.478 e. The summed E-state index contributed by atoms with van der Waals surface area (Å²) < 4.78 is 40.0. The zero-order chi connectivity index (χ0) is 18.8. The Kier molecular flexibility index (Phi) is 4.77. The number of aromatic carboxylic acids is 1. The molecule has 4 nitrogen and oxygen atoms in total. The van der Waals surface area contributed by atoms with Crippen molar-refractivity contribution < 1.29 is 27.9 Å². The van der Waals surface area contributed by atoms with E-state index in [0.29, 0.717) is 10.9 Å². The maximum Gasteiger partial charge on any atom is 0.338 e. The van der Waals surface area contributed by atoms with E-state index in [4.69, 9.17) is 0 Å². The quantitative estimate of drug-likeness (QED) is 0.643. The lowest BCUT2D eigenvalue weighted by Crippen LogP contribution is -2.16. The minimum absolute atomic E-state index is 0.0366. The van der Waals surface area contributed by atoms with E-state index in [1.165, 1.54) is 6.07 Å². The van der Waals surface area contributed by atoms with E-state index in [1.54, 1.807) is 30.3 Å². The normalized spacial score (nSPS) is 10.6. The number of hydrogen-bond acceptors (Lipinski definition) is 3. The highest BCUT2D eigenvalue weighted by Crippen LogP contribution is 2.35. The number of amides is 1. The van der Waals surface area contributed by atoms with Gasteiger partial charge in [-0.05, 0) is 23.8 Å². The van der Waals surface area contributed by atoms with Crippen LogP contribution in [0.2, 0.25) is 0 Å². The third kappa shape index (κ3) is 3.31. The molecule has 0 aliphatic rings. The molecule has 0 fully saturated rings. The van der Waals surface area contributed by atoms with Crippen molar-refractivity contribution in [3.05, 3.63) is 77.1 Å². The number of carbonyl (C=O) groups is 2. The van der Waals surface area contributed by atoms with Crippen molar-refractivity contribution in [3.8, 4) is 10.4 Å². The molecule has 0 radical (unpaired) electrons. The van der Waals surface area contributed by atoms with E-state index in [1.807, 2.05) is 0 Å². The molecule has 3 aromatic rings. The highest BCUT2D eigenvalue weighted by molar-refractivity contribution is 7.20. The molecule has 0 saturated carbocycles. The molecule has 8 heteroatoms. The molecule has 1 amide bonds. The van der Waals surface area contributed by atoms with Crippen LogP contribution in [0.3, 0.4) is 0 Å². The summed E-state index contributed by atoms with van der Waals surface area (Å²) in [6, 6.07) is 11.6. The fraction of sp³-hybridized carbons (Fsp3) is 0. The van der Waals surface area contributed by atoms with E-state index in [2.05, 4.69) is 5.32 Å². The lowest BCUT2D eigenvalue weighted by atomic mass is 10.1. The molecule has 132 valence electrons. The number of thiophene rings is 1. The summed E-state index contributed by atoms with van der Waals surface area (Å²) >= 11 is 0.974. The first-order valence-corrected chi connectivity index (χ1v) is 8.07. The molecule has 0 unspecified atom stereocenters. The number of hydrogen-bond donors (Lipinski definition) is 2. The number of nitrogens with one attached hydrogen (secondary N) is 1. The number of anilines is 1. The molecule has 2 aromatic carbocycles. The fourth-order valence-electron chi connectivity index (χ4n) is 2.26. The maximum atomic E-state index is 13.8. The third-order valence-corrected chi connectivity index (χ3v) is 4.63. The van der Waals surface area contributed by atoms with E-state index in [0.717, 1.165) is 23.0 Å². The second-order valence-corrected chi connectivity index (χ2v) is 6.25. The Morgan fingerprint density at radius 2 is 1.62 bits per heavy atom. The van der Waals surface area contributed by atoms with Gasteiger partial charge in [0.1, 0.15) is 5.00 Å². The number of carbonyl (C=O) groups excluding carboxylic acids is 1. The minimum Gasteiger partial charge on any atom is -0.478 e. The lowest BCUT2D eigenvalue weighted by Gasteiger charge is -2.06. The van der Waals surface area contributed by atoms with Gasteiger partial charge < -0.3 is 10.4 Å². The summed E-state index contributed by atoms with van der Waals surface area (Å²) in [6.45, 7) is 0. The van der Waals surface area contributed by atoms with Crippen LogP contribution in [-0.2, 0) is 0 Å². The second kappa shape index (κ2) is 7.01. The van der Waals surface area contributed by atoms with Gasteiger partial charge in [-0.1, -0.05) is 30.3 Å². The number of halogens is 3. The number of carboxylic acid groups (broad SMARTS) is 1. The van der Waals surface area contributed by atoms with Gasteiger partial charge in [0.15, 0.2) is 17.5 Å². The molecule has 0 atom stereocenters. The molecule has 2 N–H and O–H groups in total. The first-order chi connectivity index (χ1) is 12.4. The number of carboxylic acids is 1. The third-order valence-electron chi connectivity index (χ3n) is 3.53. The van der Waals surface area contributed by atoms with Crippen molar-refractivity contribution in [2.24, 2.45) is 0 Å². The SMILES string of the molecule is O=C(O)c1cc(-c2ccccc2)sc1NC(=O)c1ccc(F)c(F)c1F. The predicted octanol–water partition coefficient (Wildman–Crippen LogP) is 4.78. The summed E-state index contributed by atoms with van der Waals surface area (Å²) in [5.41, 5.74) is -0.181. The van der Waals surface area contributed by atoms with Crippen molar-refractivity contribution in [3.63, 3.8) is 0 Å². The van der Waals surface area contributed by atoms with Crippen LogP contribution in [0.15, 0.2) is 48.5 Å². The topological polar surface area (TPSA) is 66.4 Å². The second-order valence-electron chi connectivity index (χ2n) is 5.20. The average molecular weight is 377 g/mol. The van der Waals surface area contributed by atoms with Gasteiger partial charge >= 0.3 is 5.97 Å². The van der Waals surface area contributed by atoms with E-state index >= 15 is 0 Å². The Balaban J connectivity index is 1.97. The van der Waals surface area contributed by atoms with Gasteiger partial charge in [-0.15, -0.1) is 11.3 Å². The van der Waals surface area contributed by atoms with E-state index in [-0.39, 0.29) is 10.6 Å². The smallest absolute Gasteiger partial charge is 0.338 e. The van der Waals surface area contributed by atoms with Crippen LogP contribution in [0, 0.1) is 17.5 Å². The molecule has 0 bridgehead atoms. The van der Waals surface area contributed by atoms with Crippen LogP contribution in [0.1, 0.15) is 20.7 Å². The number of benzene rings is 2. The predicted molar refractivity (Wildman–Crippen MR) is 91.0 cm³/mol. The van der Waals surface area contributed by atoms with Gasteiger partial charge in [-0.3, -0.25) is 4.79 Å². The summed E-state index contributed by atoms with van der Waals surface area (Å²) in [5, 5.41) is 11.5. The van der Waals surface area contributed by atoms with Crippen LogP contribution in [-0.4, -0.2) is 17.0 Å². The first-order valence-electron chi connectivity index (χ1n) is 7.26. The highest BCUT2D eigenvalue weighted by atomic mass is 32.1. The van der Waals surface area contributed by atoms with Crippen molar-refractivity contribution in [2.75, 3.05) is 5.32 Å². The van der Waals surface area contributed by atoms with Crippen molar-refractivity contribution in [1.29, 1.82) is 0 Å². The summed E-state index contributed by atoms with van der Waals surface area (Å²) in [5.74, 6) is -7.20. The summed E-state index contributed by atoms with van der Waals surface area (Å²) in [6.07, 6.45) is 0. The molecule has 0 aliphatic heterocycles. The Bertz CT molecular complexity index is 1000. The van der Waals surface area contributed by atoms with Crippen LogP contribution >= 0.6 is 11.3 Å².